The van der Waals surface area contributed by atoms with Gasteiger partial charge in [0.2, 0.25) is 0 Å². The van der Waals surface area contributed by atoms with Crippen LogP contribution in [0, 0.1) is 5.41 Å². The van der Waals surface area contributed by atoms with Crippen molar-refractivity contribution in [3.63, 3.8) is 0 Å². The van der Waals surface area contributed by atoms with Gasteiger partial charge in [0.15, 0.2) is 0 Å². The van der Waals surface area contributed by atoms with E-state index in [-0.39, 0.29) is 6.10 Å². The van der Waals surface area contributed by atoms with Crippen LogP contribution in [-0.4, -0.2) is 55.9 Å². The highest BCUT2D eigenvalue weighted by Gasteiger charge is 2.48. The molecule has 5 heteroatoms. The van der Waals surface area contributed by atoms with Gasteiger partial charge in [-0.1, -0.05) is 0 Å². The Morgan fingerprint density at radius 3 is 2.50 bits per heavy atom. The van der Waals surface area contributed by atoms with Gasteiger partial charge in [-0.2, -0.15) is 0 Å². The first-order chi connectivity index (χ1) is 8.63. The summed E-state index contributed by atoms with van der Waals surface area (Å²) in [5.41, 5.74) is -0.612. The van der Waals surface area contributed by atoms with Crippen LogP contribution in [0.4, 0.5) is 4.39 Å². The second kappa shape index (κ2) is 4.46. The number of hydrogen-bond donors (Lipinski definition) is 1. The Morgan fingerprint density at radius 1 is 1.33 bits per heavy atom. The van der Waals surface area contributed by atoms with E-state index in [4.69, 9.17) is 4.74 Å². The Morgan fingerprint density at radius 2 is 2.00 bits per heavy atom. The molecule has 0 aromatic rings. The normalized spacial score (nSPS) is 30.5. The summed E-state index contributed by atoms with van der Waals surface area (Å²) in [5.74, 6) is 0. The largest absolute Gasteiger partial charge is 0.465 e. The molecule has 1 aliphatic carbocycles. The van der Waals surface area contributed by atoms with Crippen molar-refractivity contribution >= 4 is 6.47 Å². The third-order valence-electron chi connectivity index (χ3n) is 4.88. The van der Waals surface area contributed by atoms with Crippen LogP contribution in [0.1, 0.15) is 25.7 Å². The number of likely N-dealkylation sites (tertiary alicyclic amines) is 1. The molecule has 2 heterocycles. The van der Waals surface area contributed by atoms with E-state index in [9.17, 15) is 9.18 Å². The number of piperidine rings is 1. The third-order valence-corrected chi connectivity index (χ3v) is 4.88. The Bertz CT molecular complexity index is 317. The van der Waals surface area contributed by atoms with Crippen molar-refractivity contribution in [3.8, 4) is 0 Å². The summed E-state index contributed by atoms with van der Waals surface area (Å²) in [6, 6.07) is 0. The molecule has 0 aromatic heterocycles. The molecule has 0 atom stereocenters. The molecule has 0 amide bonds. The van der Waals surface area contributed by atoms with Crippen LogP contribution in [0.5, 0.6) is 0 Å². The van der Waals surface area contributed by atoms with Crippen LogP contribution in [0.25, 0.3) is 0 Å². The fourth-order valence-corrected chi connectivity index (χ4v) is 3.58. The van der Waals surface area contributed by atoms with Gasteiger partial charge in [0.25, 0.3) is 6.47 Å². The van der Waals surface area contributed by atoms with Crippen LogP contribution in [0.2, 0.25) is 0 Å². The van der Waals surface area contributed by atoms with E-state index in [2.05, 4.69) is 10.2 Å². The lowest BCUT2D eigenvalue weighted by molar-refractivity contribution is -0.150. The van der Waals surface area contributed by atoms with Crippen molar-refractivity contribution in [2.45, 2.75) is 37.5 Å². The topological polar surface area (TPSA) is 41.6 Å². The molecule has 3 rings (SSSR count). The summed E-state index contributed by atoms with van der Waals surface area (Å²) in [5, 5.41) is 3.00. The second-order valence-corrected chi connectivity index (χ2v) is 6.29. The third kappa shape index (κ3) is 2.26. The molecule has 0 bridgehead atoms. The van der Waals surface area contributed by atoms with E-state index in [1.807, 2.05) is 0 Å². The van der Waals surface area contributed by atoms with Gasteiger partial charge in [-0.05, 0) is 44.2 Å². The molecule has 0 unspecified atom stereocenters. The molecule has 0 aromatic carbocycles. The highest BCUT2D eigenvalue weighted by Crippen LogP contribution is 2.50. The molecule has 1 spiro atoms. The molecule has 102 valence electrons. The fourth-order valence-electron chi connectivity index (χ4n) is 3.58. The lowest BCUT2D eigenvalue weighted by Crippen LogP contribution is -2.63. The van der Waals surface area contributed by atoms with Gasteiger partial charge in [0.1, 0.15) is 11.8 Å². The summed E-state index contributed by atoms with van der Waals surface area (Å²) in [6.45, 7) is 4.11. The zero-order valence-electron chi connectivity index (χ0n) is 10.7. The SMILES string of the molecule is O=COC1CC2(CCN(CC3(F)CNC3)CC2)C1. The number of nitrogens with one attached hydrogen (secondary N) is 1. The van der Waals surface area contributed by atoms with Gasteiger partial charge < -0.3 is 15.0 Å². The number of halogens is 1. The number of hydrogen-bond acceptors (Lipinski definition) is 4. The first-order valence-corrected chi connectivity index (χ1v) is 6.84. The highest BCUT2D eigenvalue weighted by molar-refractivity contribution is 5.37. The van der Waals surface area contributed by atoms with Crippen LogP contribution in [0.15, 0.2) is 0 Å². The fraction of sp³-hybridized carbons (Fsp3) is 0.923. The van der Waals surface area contributed by atoms with Crippen molar-refractivity contribution in [3.05, 3.63) is 0 Å². The molecular weight excluding hydrogens is 235 g/mol. The van der Waals surface area contributed by atoms with Crippen molar-refractivity contribution in [1.29, 1.82) is 0 Å². The Hall–Kier alpha value is -0.680. The van der Waals surface area contributed by atoms with Crippen LogP contribution in [0.3, 0.4) is 0 Å². The molecule has 1 N–H and O–H groups in total. The van der Waals surface area contributed by atoms with E-state index >= 15 is 0 Å². The number of alkyl halides is 1. The predicted octanol–water partition coefficient (Wildman–Crippen LogP) is 0.716. The number of carbonyl (C=O) groups is 1. The lowest BCUT2D eigenvalue weighted by Gasteiger charge is -2.52. The van der Waals surface area contributed by atoms with Crippen molar-refractivity contribution in [2.24, 2.45) is 5.41 Å². The maximum atomic E-state index is 14.0. The summed E-state index contributed by atoms with van der Waals surface area (Å²) in [6.07, 6.45) is 4.38. The summed E-state index contributed by atoms with van der Waals surface area (Å²) in [7, 11) is 0. The first kappa shape index (κ1) is 12.4. The molecule has 3 aliphatic rings. The second-order valence-electron chi connectivity index (χ2n) is 6.29. The van der Waals surface area contributed by atoms with E-state index in [1.54, 1.807) is 0 Å². The minimum absolute atomic E-state index is 0.136. The smallest absolute Gasteiger partial charge is 0.293 e. The summed E-state index contributed by atoms with van der Waals surface area (Å²) < 4.78 is 19.0. The van der Waals surface area contributed by atoms with Crippen LogP contribution in [-0.2, 0) is 9.53 Å². The minimum Gasteiger partial charge on any atom is -0.465 e. The predicted molar refractivity (Wildman–Crippen MR) is 65.0 cm³/mol. The van der Waals surface area contributed by atoms with E-state index in [0.29, 0.717) is 31.5 Å². The standard InChI is InChI=1S/C13H21FN2O2/c14-13(7-15-8-13)9-16-3-1-12(2-4-16)5-11(6-12)18-10-17/h10-11,15H,1-9H2. The number of carbonyl (C=O) groups excluding carboxylic acids is 1. The van der Waals surface area contributed by atoms with Gasteiger partial charge in [0.05, 0.1) is 0 Å². The minimum atomic E-state index is -0.993. The zero-order chi connectivity index (χ0) is 12.6. The monoisotopic (exact) mass is 256 g/mol. The Kier molecular flexibility index (Phi) is 3.06. The zero-order valence-corrected chi connectivity index (χ0v) is 10.7. The molecular formula is C13H21FN2O2. The Balaban J connectivity index is 1.43. The van der Waals surface area contributed by atoms with Gasteiger partial charge >= 0.3 is 0 Å². The molecule has 0 radical (unpaired) electrons. The number of nitrogens with zero attached hydrogens (tertiary/aromatic N) is 1. The molecule has 4 nitrogen and oxygen atoms in total. The summed E-state index contributed by atoms with van der Waals surface area (Å²) >= 11 is 0. The van der Waals surface area contributed by atoms with Gasteiger partial charge in [-0.15, -0.1) is 0 Å². The maximum Gasteiger partial charge on any atom is 0.293 e. The van der Waals surface area contributed by atoms with Crippen LogP contribution >= 0.6 is 0 Å². The van der Waals surface area contributed by atoms with Crippen molar-refractivity contribution < 1.29 is 13.9 Å². The van der Waals surface area contributed by atoms with Crippen molar-refractivity contribution in [1.82, 2.24) is 10.2 Å². The number of ether oxygens (including phenoxy) is 1. The highest BCUT2D eigenvalue weighted by atomic mass is 19.1. The first-order valence-electron chi connectivity index (χ1n) is 6.84. The van der Waals surface area contributed by atoms with Crippen LogP contribution < -0.4 is 5.32 Å². The molecule has 3 fully saturated rings. The summed E-state index contributed by atoms with van der Waals surface area (Å²) in [4.78, 5) is 12.5. The van der Waals surface area contributed by atoms with E-state index < -0.39 is 5.67 Å². The van der Waals surface area contributed by atoms with Crippen molar-refractivity contribution in [2.75, 3.05) is 32.7 Å². The van der Waals surface area contributed by atoms with Gasteiger partial charge in [-0.3, -0.25) is 4.79 Å². The molecule has 18 heavy (non-hydrogen) atoms. The lowest BCUT2D eigenvalue weighted by atomic mass is 9.61. The quantitative estimate of drug-likeness (QED) is 0.752. The van der Waals surface area contributed by atoms with E-state index in [0.717, 1.165) is 38.8 Å². The van der Waals surface area contributed by atoms with Gasteiger partial charge in [-0.25, -0.2) is 4.39 Å². The van der Waals surface area contributed by atoms with E-state index in [1.165, 1.54) is 0 Å². The number of rotatable bonds is 4. The Labute approximate surface area is 107 Å². The average Bonchev–Trinajstić information content (AvgIpc) is 2.28. The molecule has 2 aliphatic heterocycles. The van der Waals surface area contributed by atoms with Gasteiger partial charge in [0, 0.05) is 19.6 Å². The average molecular weight is 256 g/mol. The molecule has 2 saturated heterocycles. The maximum absolute atomic E-state index is 14.0. The molecule has 1 saturated carbocycles.